The molecule has 0 atom stereocenters. The van der Waals surface area contributed by atoms with Crippen LogP contribution in [0.25, 0.3) is 0 Å². The Bertz CT molecular complexity index is 299. The van der Waals surface area contributed by atoms with Crippen LogP contribution in [0.2, 0.25) is 0 Å². The summed E-state index contributed by atoms with van der Waals surface area (Å²) in [5.74, 6) is 0.574. The van der Waals surface area contributed by atoms with Crippen LogP contribution in [0.4, 0.5) is 0 Å². The average Bonchev–Trinajstić information content (AvgIpc) is 2.32. The van der Waals surface area contributed by atoms with Crippen molar-refractivity contribution in [2.75, 3.05) is 19.8 Å². The van der Waals surface area contributed by atoms with Crippen LogP contribution >= 0.6 is 0 Å². The van der Waals surface area contributed by atoms with E-state index in [1.807, 2.05) is 0 Å². The van der Waals surface area contributed by atoms with E-state index in [0.717, 1.165) is 32.3 Å². The molecule has 1 fully saturated rings. The van der Waals surface area contributed by atoms with Crippen LogP contribution in [0.15, 0.2) is 5.16 Å². The minimum Gasteiger partial charge on any atom is -0.380 e. The van der Waals surface area contributed by atoms with Crippen molar-refractivity contribution >= 4 is 12.1 Å². The number of nitrogens with zero attached hydrogens (tertiary/aromatic N) is 1. The largest absolute Gasteiger partial charge is 0.380 e. The molecule has 1 aliphatic rings. The van der Waals surface area contributed by atoms with Gasteiger partial charge in [0, 0.05) is 19.4 Å². The van der Waals surface area contributed by atoms with E-state index >= 15 is 0 Å². The number of hydrogen-bond acceptors (Lipinski definition) is 4. The van der Waals surface area contributed by atoms with Gasteiger partial charge < -0.3 is 14.9 Å². The highest BCUT2D eigenvalue weighted by Gasteiger charge is 2.47. The third-order valence-electron chi connectivity index (χ3n) is 3.28. The summed E-state index contributed by atoms with van der Waals surface area (Å²) in [5.41, 5.74) is -0.732. The fraction of sp³-hybridized carbons (Fsp3) is 0.857. The summed E-state index contributed by atoms with van der Waals surface area (Å²) in [7, 11) is 0. The molecule has 0 saturated heterocycles. The van der Waals surface area contributed by atoms with Gasteiger partial charge in [-0.1, -0.05) is 19.0 Å². The Hall–Kier alpha value is -1.10. The lowest BCUT2D eigenvalue weighted by atomic mass is 9.79. The average molecular weight is 270 g/mol. The van der Waals surface area contributed by atoms with Crippen molar-refractivity contribution < 1.29 is 14.4 Å². The van der Waals surface area contributed by atoms with E-state index < -0.39 is 5.60 Å². The Labute approximate surface area is 115 Å². The lowest BCUT2D eigenvalue weighted by Crippen LogP contribution is -2.53. The Morgan fingerprint density at radius 2 is 2.16 bits per heavy atom. The highest BCUT2D eigenvalue weighted by atomic mass is 16.7. The molecule has 110 valence electrons. The van der Waals surface area contributed by atoms with E-state index in [4.69, 9.17) is 9.57 Å². The van der Waals surface area contributed by atoms with E-state index in [1.165, 1.54) is 0 Å². The molecule has 0 spiro atoms. The Balaban J connectivity index is 2.16. The van der Waals surface area contributed by atoms with Crippen molar-refractivity contribution in [2.24, 2.45) is 11.1 Å². The molecule has 0 aromatic heterocycles. The Kier molecular flexibility index (Phi) is 6.84. The number of carbonyl (C=O) groups is 1. The molecule has 0 aliphatic heterocycles. The number of hydrogen-bond donors (Lipinski definition) is 1. The SMILES string of the molecule is C/C=N/OC1(C(=O)NCCOCCC(C)C)CCC1. The molecule has 0 aromatic rings. The second-order valence-electron chi connectivity index (χ2n) is 5.35. The summed E-state index contributed by atoms with van der Waals surface area (Å²) < 4.78 is 5.46. The van der Waals surface area contributed by atoms with E-state index in [2.05, 4.69) is 24.3 Å². The van der Waals surface area contributed by atoms with E-state index in [9.17, 15) is 4.79 Å². The number of amides is 1. The standard InChI is InChI=1S/C14H26N2O3/c1-4-16-19-14(7-5-8-14)13(17)15-9-11-18-10-6-12(2)3/h4,12H,5-11H2,1-3H3,(H,15,17)/b16-4+. The molecule has 5 nitrogen and oxygen atoms in total. The van der Waals surface area contributed by atoms with Crippen molar-refractivity contribution in [3.63, 3.8) is 0 Å². The molecular formula is C14H26N2O3. The minimum atomic E-state index is -0.732. The maximum absolute atomic E-state index is 12.0. The topological polar surface area (TPSA) is 59.9 Å². The van der Waals surface area contributed by atoms with Gasteiger partial charge in [-0.3, -0.25) is 4.79 Å². The van der Waals surface area contributed by atoms with Crippen LogP contribution in [-0.2, 0) is 14.4 Å². The van der Waals surface area contributed by atoms with Gasteiger partial charge in [0.1, 0.15) is 0 Å². The molecule has 0 bridgehead atoms. The molecule has 0 heterocycles. The second kappa shape index (κ2) is 8.15. The fourth-order valence-electron chi connectivity index (χ4n) is 1.83. The summed E-state index contributed by atoms with van der Waals surface area (Å²) >= 11 is 0. The summed E-state index contributed by atoms with van der Waals surface area (Å²) in [6, 6.07) is 0. The van der Waals surface area contributed by atoms with E-state index in [-0.39, 0.29) is 5.91 Å². The van der Waals surface area contributed by atoms with Gasteiger partial charge in [0.15, 0.2) is 0 Å². The number of oxime groups is 1. The van der Waals surface area contributed by atoms with Gasteiger partial charge in [0.25, 0.3) is 5.91 Å². The molecule has 0 unspecified atom stereocenters. The lowest BCUT2D eigenvalue weighted by Gasteiger charge is -2.37. The third-order valence-corrected chi connectivity index (χ3v) is 3.28. The van der Waals surface area contributed by atoms with Crippen molar-refractivity contribution in [3.05, 3.63) is 0 Å². The zero-order valence-electron chi connectivity index (χ0n) is 12.3. The first-order valence-electron chi connectivity index (χ1n) is 7.13. The van der Waals surface area contributed by atoms with Crippen LogP contribution in [0.3, 0.4) is 0 Å². The van der Waals surface area contributed by atoms with Crippen LogP contribution in [0, 0.1) is 5.92 Å². The Morgan fingerprint density at radius 1 is 1.42 bits per heavy atom. The van der Waals surface area contributed by atoms with Gasteiger partial charge in [-0.2, -0.15) is 0 Å². The van der Waals surface area contributed by atoms with Gasteiger partial charge >= 0.3 is 0 Å². The molecular weight excluding hydrogens is 244 g/mol. The molecule has 1 saturated carbocycles. The Morgan fingerprint density at radius 3 is 2.68 bits per heavy atom. The van der Waals surface area contributed by atoms with Gasteiger partial charge in [0.05, 0.1) is 6.61 Å². The zero-order chi connectivity index (χ0) is 14.1. The first kappa shape index (κ1) is 16.0. The second-order valence-corrected chi connectivity index (χ2v) is 5.35. The van der Waals surface area contributed by atoms with Crippen molar-refractivity contribution in [3.8, 4) is 0 Å². The zero-order valence-corrected chi connectivity index (χ0v) is 12.3. The quantitative estimate of drug-likeness (QED) is 0.396. The maximum Gasteiger partial charge on any atom is 0.267 e. The van der Waals surface area contributed by atoms with E-state index in [1.54, 1.807) is 13.1 Å². The van der Waals surface area contributed by atoms with Crippen LogP contribution in [0.5, 0.6) is 0 Å². The molecule has 19 heavy (non-hydrogen) atoms. The number of rotatable bonds is 9. The predicted octanol–water partition coefficient (Wildman–Crippen LogP) is 2.11. The molecule has 5 heteroatoms. The van der Waals surface area contributed by atoms with E-state index in [0.29, 0.717) is 19.1 Å². The molecule has 1 rings (SSSR count). The summed E-state index contributed by atoms with van der Waals surface area (Å²) in [4.78, 5) is 17.3. The minimum absolute atomic E-state index is 0.0724. The molecule has 1 aliphatic carbocycles. The smallest absolute Gasteiger partial charge is 0.267 e. The summed E-state index contributed by atoms with van der Waals surface area (Å²) in [6.07, 6.45) is 5.10. The first-order chi connectivity index (χ1) is 9.10. The van der Waals surface area contributed by atoms with Gasteiger partial charge in [-0.25, -0.2) is 0 Å². The van der Waals surface area contributed by atoms with Crippen molar-refractivity contribution in [1.82, 2.24) is 5.32 Å². The van der Waals surface area contributed by atoms with Gasteiger partial charge in [0.2, 0.25) is 5.60 Å². The summed E-state index contributed by atoms with van der Waals surface area (Å²) in [5, 5.41) is 6.61. The third kappa shape index (κ3) is 5.19. The van der Waals surface area contributed by atoms with Crippen LogP contribution < -0.4 is 5.32 Å². The van der Waals surface area contributed by atoms with Gasteiger partial charge in [-0.05, 0) is 38.5 Å². The number of nitrogens with one attached hydrogen (secondary N) is 1. The lowest BCUT2D eigenvalue weighted by molar-refractivity contribution is -0.160. The van der Waals surface area contributed by atoms with Crippen molar-refractivity contribution in [2.45, 2.75) is 52.1 Å². The predicted molar refractivity (Wildman–Crippen MR) is 75.1 cm³/mol. The van der Waals surface area contributed by atoms with Crippen LogP contribution in [-0.4, -0.2) is 37.5 Å². The normalized spacial score (nSPS) is 17.5. The number of carbonyl (C=O) groups excluding carboxylic acids is 1. The van der Waals surface area contributed by atoms with Crippen molar-refractivity contribution in [1.29, 1.82) is 0 Å². The highest BCUT2D eigenvalue weighted by molar-refractivity contribution is 5.86. The number of ether oxygens (including phenoxy) is 1. The highest BCUT2D eigenvalue weighted by Crippen LogP contribution is 2.35. The summed E-state index contributed by atoms with van der Waals surface area (Å²) in [6.45, 7) is 7.92. The van der Waals surface area contributed by atoms with Crippen LogP contribution in [0.1, 0.15) is 46.5 Å². The fourth-order valence-corrected chi connectivity index (χ4v) is 1.83. The molecule has 1 N–H and O–H groups in total. The molecule has 0 radical (unpaired) electrons. The monoisotopic (exact) mass is 270 g/mol. The molecule has 0 aromatic carbocycles. The first-order valence-corrected chi connectivity index (χ1v) is 7.13. The van der Waals surface area contributed by atoms with Gasteiger partial charge in [-0.15, -0.1) is 0 Å². The molecule has 1 amide bonds. The maximum atomic E-state index is 12.0.